The van der Waals surface area contributed by atoms with E-state index in [9.17, 15) is 25.0 Å². The van der Waals surface area contributed by atoms with Gasteiger partial charge in [0.15, 0.2) is 0 Å². The first-order chi connectivity index (χ1) is 8.41. The summed E-state index contributed by atoms with van der Waals surface area (Å²) in [4.78, 5) is 29.9. The fourth-order valence-corrected chi connectivity index (χ4v) is 1.08. The van der Waals surface area contributed by atoms with Crippen LogP contribution in [0.3, 0.4) is 0 Å². The fraction of sp³-hybridized carbons (Fsp3) is 0. The van der Waals surface area contributed by atoms with E-state index in [2.05, 4.69) is 5.10 Å². The lowest BCUT2D eigenvalue weighted by Crippen LogP contribution is -2.24. The highest BCUT2D eigenvalue weighted by molar-refractivity contribution is 5.86. The Morgan fingerprint density at radius 3 is 2.50 bits per heavy atom. The lowest BCUT2D eigenvalue weighted by Gasteiger charge is -1.97. The first-order valence-electron chi connectivity index (χ1n) is 4.43. The number of benzene rings is 1. The number of nitro groups is 2. The normalized spacial score (nSPS) is 10.2. The number of urea groups is 1. The number of hydrogen-bond acceptors (Lipinski definition) is 6. The summed E-state index contributed by atoms with van der Waals surface area (Å²) in [7, 11) is 0. The van der Waals surface area contributed by atoms with Crippen molar-refractivity contribution in [3.05, 3.63) is 44.0 Å². The zero-order valence-corrected chi connectivity index (χ0v) is 8.77. The maximum atomic E-state index is 10.7. The number of rotatable bonds is 4. The minimum absolute atomic E-state index is 0.000602. The van der Waals surface area contributed by atoms with Crippen molar-refractivity contribution >= 4 is 23.6 Å². The molecule has 1 rings (SSSR count). The molecular weight excluding hydrogens is 246 g/mol. The lowest BCUT2D eigenvalue weighted by molar-refractivity contribution is -0.394. The first-order valence-corrected chi connectivity index (χ1v) is 4.43. The molecule has 0 spiro atoms. The van der Waals surface area contributed by atoms with Gasteiger partial charge in [-0.3, -0.25) is 20.2 Å². The molecule has 0 saturated heterocycles. The molecule has 1 aromatic rings. The molecule has 18 heavy (non-hydrogen) atoms. The van der Waals surface area contributed by atoms with Crippen molar-refractivity contribution in [1.29, 1.82) is 0 Å². The smallest absolute Gasteiger partial charge is 0.332 e. The van der Waals surface area contributed by atoms with Gasteiger partial charge in [0.2, 0.25) is 0 Å². The van der Waals surface area contributed by atoms with E-state index in [1.165, 1.54) is 0 Å². The molecule has 0 heterocycles. The number of carbonyl (C=O) groups excluding carboxylic acids is 1. The van der Waals surface area contributed by atoms with Gasteiger partial charge in [-0.1, -0.05) is 0 Å². The molecule has 2 amide bonds. The average molecular weight is 253 g/mol. The van der Waals surface area contributed by atoms with Gasteiger partial charge in [0.1, 0.15) is 0 Å². The summed E-state index contributed by atoms with van der Waals surface area (Å²) in [5.41, 5.74) is 5.66. The highest BCUT2D eigenvalue weighted by atomic mass is 16.6. The predicted molar refractivity (Wildman–Crippen MR) is 60.1 cm³/mol. The summed E-state index contributed by atoms with van der Waals surface area (Å²) in [6.07, 6.45) is 0.965. The first kappa shape index (κ1) is 13.0. The maximum absolute atomic E-state index is 10.7. The van der Waals surface area contributed by atoms with Gasteiger partial charge in [0.05, 0.1) is 27.7 Å². The Bertz CT molecular complexity index is 541. The van der Waals surface area contributed by atoms with Crippen LogP contribution in [0.4, 0.5) is 16.2 Å². The van der Waals surface area contributed by atoms with Gasteiger partial charge in [-0.15, -0.1) is 0 Å². The monoisotopic (exact) mass is 253 g/mol. The van der Waals surface area contributed by atoms with Crippen molar-refractivity contribution in [2.24, 2.45) is 10.8 Å². The van der Waals surface area contributed by atoms with Crippen LogP contribution in [0.2, 0.25) is 0 Å². The molecule has 0 aliphatic rings. The molecule has 1 aromatic carbocycles. The van der Waals surface area contributed by atoms with Gasteiger partial charge in [-0.25, -0.2) is 10.2 Å². The van der Waals surface area contributed by atoms with Crippen LogP contribution >= 0.6 is 0 Å². The summed E-state index contributed by atoms with van der Waals surface area (Å²) in [5.74, 6) is 0. The van der Waals surface area contributed by atoms with Crippen molar-refractivity contribution in [1.82, 2.24) is 5.43 Å². The SMILES string of the molecule is NC(=O)NN=Cc1ccc([N+](=O)[O-])cc1[N+](=O)[O-]. The number of primary amides is 1. The second-order valence-corrected chi connectivity index (χ2v) is 2.99. The average Bonchev–Trinajstić information content (AvgIpc) is 2.28. The summed E-state index contributed by atoms with van der Waals surface area (Å²) in [5, 5.41) is 24.5. The van der Waals surface area contributed by atoms with Crippen LogP contribution in [-0.4, -0.2) is 22.1 Å². The zero-order valence-electron chi connectivity index (χ0n) is 8.77. The second kappa shape index (κ2) is 5.34. The van der Waals surface area contributed by atoms with Crippen LogP contribution < -0.4 is 11.2 Å². The van der Waals surface area contributed by atoms with Crippen LogP contribution in [0.25, 0.3) is 0 Å². The lowest BCUT2D eigenvalue weighted by atomic mass is 10.2. The third-order valence-corrected chi connectivity index (χ3v) is 1.80. The standard InChI is InChI=1S/C8H7N5O5/c9-8(14)11-10-4-5-1-2-6(12(15)16)3-7(5)13(17)18/h1-4H,(H3,9,11,14). The molecule has 0 aliphatic heterocycles. The molecule has 0 bridgehead atoms. The molecule has 3 N–H and O–H groups in total. The molecule has 0 saturated carbocycles. The van der Waals surface area contributed by atoms with Crippen LogP contribution in [0.1, 0.15) is 5.56 Å². The van der Waals surface area contributed by atoms with E-state index in [0.717, 1.165) is 24.4 Å². The third kappa shape index (κ3) is 3.23. The van der Waals surface area contributed by atoms with E-state index in [0.29, 0.717) is 0 Å². The summed E-state index contributed by atoms with van der Waals surface area (Å²) in [6, 6.07) is 2.09. The number of nitrogens with one attached hydrogen (secondary N) is 1. The summed E-state index contributed by atoms with van der Waals surface area (Å²) < 4.78 is 0. The Balaban J connectivity index is 3.12. The van der Waals surface area contributed by atoms with Crippen LogP contribution in [0.5, 0.6) is 0 Å². The number of nitro benzene ring substituents is 2. The van der Waals surface area contributed by atoms with E-state index in [-0.39, 0.29) is 5.56 Å². The minimum atomic E-state index is -0.934. The Kier molecular flexibility index (Phi) is 3.86. The molecule has 94 valence electrons. The molecule has 0 atom stereocenters. The number of carbonyl (C=O) groups is 1. The molecule has 0 aromatic heterocycles. The van der Waals surface area contributed by atoms with Crippen molar-refractivity contribution in [3.8, 4) is 0 Å². The summed E-state index contributed by atoms with van der Waals surface area (Å²) >= 11 is 0. The van der Waals surface area contributed by atoms with Crippen molar-refractivity contribution in [2.45, 2.75) is 0 Å². The van der Waals surface area contributed by atoms with Crippen LogP contribution in [-0.2, 0) is 0 Å². The zero-order chi connectivity index (χ0) is 13.7. The Hall–Kier alpha value is -3.04. The largest absolute Gasteiger partial charge is 0.350 e. The van der Waals surface area contributed by atoms with Crippen molar-refractivity contribution in [3.63, 3.8) is 0 Å². The maximum Gasteiger partial charge on any atom is 0.332 e. The highest BCUT2D eigenvalue weighted by Gasteiger charge is 2.18. The number of nitrogens with two attached hydrogens (primary N) is 1. The quantitative estimate of drug-likeness (QED) is 0.454. The number of nitrogens with zero attached hydrogens (tertiary/aromatic N) is 3. The topological polar surface area (TPSA) is 154 Å². The van der Waals surface area contributed by atoms with Crippen LogP contribution in [0, 0.1) is 20.2 Å². The van der Waals surface area contributed by atoms with Gasteiger partial charge >= 0.3 is 6.03 Å². The summed E-state index contributed by atoms with van der Waals surface area (Å²) in [6.45, 7) is 0. The molecule has 0 unspecified atom stereocenters. The molecule has 0 fully saturated rings. The molecule has 10 nitrogen and oxygen atoms in total. The van der Waals surface area contributed by atoms with E-state index in [1.807, 2.05) is 5.43 Å². The van der Waals surface area contributed by atoms with Gasteiger partial charge in [0.25, 0.3) is 11.4 Å². The second-order valence-electron chi connectivity index (χ2n) is 2.99. The number of hydrazone groups is 1. The van der Waals surface area contributed by atoms with Crippen molar-refractivity contribution in [2.75, 3.05) is 0 Å². The minimum Gasteiger partial charge on any atom is -0.350 e. The van der Waals surface area contributed by atoms with Gasteiger partial charge in [-0.2, -0.15) is 5.10 Å². The molecule has 0 radical (unpaired) electrons. The number of hydrogen-bond donors (Lipinski definition) is 2. The Morgan fingerprint density at radius 1 is 1.33 bits per heavy atom. The third-order valence-electron chi connectivity index (χ3n) is 1.80. The van der Waals surface area contributed by atoms with Gasteiger partial charge < -0.3 is 5.73 Å². The van der Waals surface area contributed by atoms with E-state index in [1.54, 1.807) is 0 Å². The number of non-ortho nitro benzene ring substituents is 1. The van der Waals surface area contributed by atoms with E-state index < -0.39 is 27.3 Å². The predicted octanol–water partition coefficient (Wildman–Crippen LogP) is 0.505. The number of amides is 2. The molecule has 0 aliphatic carbocycles. The fourth-order valence-electron chi connectivity index (χ4n) is 1.08. The highest BCUT2D eigenvalue weighted by Crippen LogP contribution is 2.23. The Labute approximate surface area is 99.4 Å². The van der Waals surface area contributed by atoms with E-state index >= 15 is 0 Å². The van der Waals surface area contributed by atoms with E-state index in [4.69, 9.17) is 5.73 Å². The molecular formula is C8H7N5O5. The van der Waals surface area contributed by atoms with Crippen molar-refractivity contribution < 1.29 is 14.6 Å². The van der Waals surface area contributed by atoms with Crippen LogP contribution in [0.15, 0.2) is 23.3 Å². The Morgan fingerprint density at radius 2 is 2.00 bits per heavy atom. The van der Waals surface area contributed by atoms with Gasteiger partial charge in [-0.05, 0) is 6.07 Å². The molecule has 10 heteroatoms. The van der Waals surface area contributed by atoms with Gasteiger partial charge in [0, 0.05) is 6.07 Å².